The van der Waals surface area contributed by atoms with E-state index >= 15 is 0 Å². The first kappa shape index (κ1) is 6.76. The summed E-state index contributed by atoms with van der Waals surface area (Å²) in [5.74, 6) is 0.692. The van der Waals surface area contributed by atoms with Crippen molar-refractivity contribution in [1.29, 1.82) is 0 Å². The van der Waals surface area contributed by atoms with E-state index in [9.17, 15) is 0 Å². The van der Waals surface area contributed by atoms with Gasteiger partial charge in [-0.15, -0.1) is 0 Å². The molecule has 10 heavy (non-hydrogen) atoms. The summed E-state index contributed by atoms with van der Waals surface area (Å²) >= 11 is 0. The zero-order valence-electron chi connectivity index (χ0n) is 5.79. The van der Waals surface area contributed by atoms with E-state index in [2.05, 4.69) is 4.85 Å². The highest BCUT2D eigenvalue weighted by Crippen LogP contribution is 2.19. The van der Waals surface area contributed by atoms with E-state index in [1.807, 2.05) is 6.92 Å². The number of hydrogen-bond acceptors (Lipinski definition) is 1. The second kappa shape index (κ2) is 2.98. The van der Waals surface area contributed by atoms with Gasteiger partial charge in [0.15, 0.2) is 0 Å². The minimum Gasteiger partial charge on any atom is -0.493 e. The van der Waals surface area contributed by atoms with Crippen LogP contribution in [0.5, 0.6) is 0 Å². The van der Waals surface area contributed by atoms with E-state index in [1.165, 1.54) is 0 Å². The lowest BCUT2D eigenvalue weighted by atomic mass is 10.2. The molecular formula is C8H8NO-. The molecule has 0 fully saturated rings. The Bertz CT molecular complexity index is 220. The van der Waals surface area contributed by atoms with Crippen molar-refractivity contribution in [3.63, 3.8) is 0 Å². The van der Waals surface area contributed by atoms with E-state index in [0.717, 1.165) is 6.42 Å². The van der Waals surface area contributed by atoms with Gasteiger partial charge in [0, 0.05) is 11.8 Å². The molecule has 52 valence electrons. The van der Waals surface area contributed by atoms with Gasteiger partial charge in [0.05, 0.1) is 6.26 Å². The molecule has 0 aromatic carbocycles. The fourth-order valence-corrected chi connectivity index (χ4v) is 0.751. The van der Waals surface area contributed by atoms with E-state index in [4.69, 9.17) is 11.0 Å². The maximum atomic E-state index is 6.76. The second-order valence-electron chi connectivity index (χ2n) is 1.89. The second-order valence-corrected chi connectivity index (χ2v) is 1.89. The van der Waals surface area contributed by atoms with Crippen LogP contribution in [0.3, 0.4) is 0 Å². The van der Waals surface area contributed by atoms with Crippen LogP contribution in [0.1, 0.15) is 19.1 Å². The Hall–Kier alpha value is -1.36. The highest BCUT2D eigenvalue weighted by Gasteiger charge is 1.99. The third-order valence-electron chi connectivity index (χ3n) is 1.28. The van der Waals surface area contributed by atoms with Crippen molar-refractivity contribution in [2.24, 2.45) is 0 Å². The van der Waals surface area contributed by atoms with Crippen molar-refractivity contribution >= 4 is 0 Å². The highest BCUT2D eigenvalue weighted by molar-refractivity contribution is 5.23. The molecule has 0 unspecified atom stereocenters. The predicted octanol–water partition coefficient (Wildman–Crippen LogP) is 2.49. The van der Waals surface area contributed by atoms with Crippen LogP contribution in [-0.2, 0) is 0 Å². The molecule has 0 aliphatic rings. The van der Waals surface area contributed by atoms with E-state index < -0.39 is 0 Å². The SMILES string of the molecule is [C-]#[N+][C-](CC)c1ccco1. The maximum Gasteiger partial charge on any atom is 0.0871 e. The molecule has 0 aliphatic carbocycles. The van der Waals surface area contributed by atoms with Gasteiger partial charge in [-0.25, -0.2) is 0 Å². The smallest absolute Gasteiger partial charge is 0.0871 e. The Morgan fingerprint density at radius 2 is 2.60 bits per heavy atom. The van der Waals surface area contributed by atoms with Gasteiger partial charge in [0.2, 0.25) is 0 Å². The van der Waals surface area contributed by atoms with Crippen LogP contribution in [0, 0.1) is 12.6 Å². The summed E-state index contributed by atoms with van der Waals surface area (Å²) < 4.78 is 5.03. The lowest BCUT2D eigenvalue weighted by Gasteiger charge is -2.09. The predicted molar refractivity (Wildman–Crippen MR) is 37.9 cm³/mol. The Kier molecular flexibility index (Phi) is 2.01. The molecule has 0 amide bonds. The summed E-state index contributed by atoms with van der Waals surface area (Å²) in [6.45, 7) is 8.70. The third-order valence-corrected chi connectivity index (χ3v) is 1.28. The zero-order chi connectivity index (χ0) is 7.40. The summed E-state index contributed by atoms with van der Waals surface area (Å²) in [4.78, 5) is 3.32. The van der Waals surface area contributed by atoms with Crippen LogP contribution in [0.25, 0.3) is 4.85 Å². The van der Waals surface area contributed by atoms with Crippen LogP contribution in [-0.4, -0.2) is 0 Å². The summed E-state index contributed by atoms with van der Waals surface area (Å²) in [5.41, 5.74) is 0. The molecule has 0 radical (unpaired) electrons. The standard InChI is InChI=1S/C8H8NO/c1-3-7(9-2)8-5-4-6-10-8/h4-6H,3H2,1H3/q-1. The summed E-state index contributed by atoms with van der Waals surface area (Å²) in [6.07, 6.45) is 2.31. The Morgan fingerprint density at radius 1 is 1.80 bits per heavy atom. The molecule has 0 aliphatic heterocycles. The first-order chi connectivity index (χ1) is 4.88. The van der Waals surface area contributed by atoms with Crippen molar-refractivity contribution in [3.05, 3.63) is 41.6 Å². The molecule has 0 saturated heterocycles. The largest absolute Gasteiger partial charge is 0.493 e. The zero-order valence-corrected chi connectivity index (χ0v) is 5.79. The molecule has 1 heterocycles. The summed E-state index contributed by atoms with van der Waals surface area (Å²) in [6, 6.07) is 4.28. The van der Waals surface area contributed by atoms with Gasteiger partial charge >= 0.3 is 0 Å². The average Bonchev–Trinajstić information content (AvgIpc) is 2.43. The van der Waals surface area contributed by atoms with Crippen molar-refractivity contribution < 1.29 is 4.42 Å². The molecule has 1 rings (SSSR count). The summed E-state index contributed by atoms with van der Waals surface area (Å²) in [7, 11) is 0. The number of nitrogens with zero attached hydrogens (tertiary/aromatic N) is 1. The Labute approximate surface area is 60.3 Å². The van der Waals surface area contributed by atoms with Crippen LogP contribution >= 0.6 is 0 Å². The monoisotopic (exact) mass is 134 g/mol. The van der Waals surface area contributed by atoms with E-state index in [-0.39, 0.29) is 0 Å². The fourth-order valence-electron chi connectivity index (χ4n) is 0.751. The van der Waals surface area contributed by atoms with Crippen molar-refractivity contribution in [2.45, 2.75) is 13.3 Å². The van der Waals surface area contributed by atoms with Gasteiger partial charge in [-0.05, 0) is 12.1 Å². The lowest BCUT2D eigenvalue weighted by molar-refractivity contribution is 0.525. The normalized spacial score (nSPS) is 8.80. The first-order valence-corrected chi connectivity index (χ1v) is 3.15. The van der Waals surface area contributed by atoms with Crippen LogP contribution < -0.4 is 0 Å². The van der Waals surface area contributed by atoms with E-state index in [0.29, 0.717) is 11.8 Å². The Balaban J connectivity index is 2.76. The Morgan fingerprint density at radius 3 is 3.00 bits per heavy atom. The van der Waals surface area contributed by atoms with Gasteiger partial charge in [-0.2, -0.15) is 0 Å². The summed E-state index contributed by atoms with van der Waals surface area (Å²) in [5, 5.41) is 0. The molecular weight excluding hydrogens is 126 g/mol. The molecule has 0 saturated carbocycles. The van der Waals surface area contributed by atoms with Crippen LogP contribution in [0.2, 0.25) is 0 Å². The van der Waals surface area contributed by atoms with Crippen LogP contribution in [0.4, 0.5) is 0 Å². The minimum absolute atomic E-state index is 0.685. The number of rotatable bonds is 2. The van der Waals surface area contributed by atoms with Crippen molar-refractivity contribution in [2.75, 3.05) is 0 Å². The number of furan rings is 1. The first-order valence-electron chi connectivity index (χ1n) is 3.15. The third kappa shape index (κ3) is 1.14. The van der Waals surface area contributed by atoms with Gasteiger partial charge in [0.1, 0.15) is 0 Å². The van der Waals surface area contributed by atoms with Gasteiger partial charge in [-0.1, -0.05) is 13.3 Å². The lowest BCUT2D eigenvalue weighted by Crippen LogP contribution is -1.87. The maximum absolute atomic E-state index is 6.76. The van der Waals surface area contributed by atoms with Gasteiger partial charge in [0.25, 0.3) is 0 Å². The van der Waals surface area contributed by atoms with E-state index in [1.54, 1.807) is 18.4 Å². The fraction of sp³-hybridized carbons (Fsp3) is 0.250. The highest BCUT2D eigenvalue weighted by atomic mass is 16.3. The van der Waals surface area contributed by atoms with Crippen LogP contribution in [0.15, 0.2) is 22.8 Å². The topological polar surface area (TPSA) is 17.5 Å². The molecule has 0 spiro atoms. The van der Waals surface area contributed by atoms with Crippen molar-refractivity contribution in [1.82, 2.24) is 0 Å². The van der Waals surface area contributed by atoms with Gasteiger partial charge in [-0.3, -0.25) is 6.57 Å². The minimum atomic E-state index is 0.685. The molecule has 0 atom stereocenters. The molecule has 2 nitrogen and oxygen atoms in total. The number of hydrogen-bond donors (Lipinski definition) is 0. The van der Waals surface area contributed by atoms with Gasteiger partial charge < -0.3 is 9.26 Å². The quantitative estimate of drug-likeness (QED) is 0.568. The average molecular weight is 134 g/mol. The molecule has 0 N–H and O–H groups in total. The molecule has 2 heteroatoms. The molecule has 0 bridgehead atoms. The van der Waals surface area contributed by atoms with Crippen molar-refractivity contribution in [3.8, 4) is 0 Å². The molecule has 1 aromatic heterocycles. The molecule has 1 aromatic rings.